The summed E-state index contributed by atoms with van der Waals surface area (Å²) in [6, 6.07) is 9.83. The number of nitro groups is 1. The number of nitrogens with one attached hydrogen (secondary N) is 1. The Morgan fingerprint density at radius 3 is 2.24 bits per heavy atom. The van der Waals surface area contributed by atoms with Gasteiger partial charge in [0.25, 0.3) is 6.20 Å². The molecule has 1 N–H and O–H groups in total. The lowest BCUT2D eigenvalue weighted by atomic mass is 9.89. The lowest BCUT2D eigenvalue weighted by Gasteiger charge is -2.39. The second-order valence-corrected chi connectivity index (χ2v) is 9.14. The molecule has 9 heteroatoms. The maximum Gasteiger partial charge on any atom is 0.274 e. The van der Waals surface area contributed by atoms with Gasteiger partial charge in [0.15, 0.2) is 28.8 Å². The molecule has 0 aromatic heterocycles. The minimum atomic E-state index is -0.383. The number of ether oxygens (including phenoxy) is 4. The van der Waals surface area contributed by atoms with Crippen molar-refractivity contribution in [3.63, 3.8) is 0 Å². The summed E-state index contributed by atoms with van der Waals surface area (Å²) in [5.74, 6) is 3.16. The average molecular weight is 514 g/mol. The summed E-state index contributed by atoms with van der Waals surface area (Å²) in [5, 5.41) is 15.0. The Bertz CT molecular complexity index is 1090. The molecular weight excluding hydrogens is 474 g/mol. The normalized spacial score (nSPS) is 15.1. The molecule has 0 fully saturated rings. The molecular formula is C28H39N3O6. The highest BCUT2D eigenvalue weighted by Crippen LogP contribution is 2.37. The Hall–Kier alpha value is -3.62. The van der Waals surface area contributed by atoms with Gasteiger partial charge in [0.2, 0.25) is 0 Å². The van der Waals surface area contributed by atoms with E-state index in [1.807, 2.05) is 30.3 Å². The fourth-order valence-corrected chi connectivity index (χ4v) is 4.81. The topological polar surface area (TPSA) is 95.3 Å². The van der Waals surface area contributed by atoms with Crippen molar-refractivity contribution in [1.29, 1.82) is 0 Å². The summed E-state index contributed by atoms with van der Waals surface area (Å²) >= 11 is 0. The zero-order valence-electron chi connectivity index (χ0n) is 22.5. The van der Waals surface area contributed by atoms with Crippen LogP contribution < -0.4 is 24.3 Å². The molecule has 1 heterocycles. The lowest BCUT2D eigenvalue weighted by Crippen LogP contribution is -2.45. The molecule has 2 aromatic rings. The molecule has 1 unspecified atom stereocenters. The summed E-state index contributed by atoms with van der Waals surface area (Å²) in [6.07, 6.45) is 6.78. The van der Waals surface area contributed by atoms with E-state index in [9.17, 15) is 10.1 Å². The van der Waals surface area contributed by atoms with Crippen LogP contribution in [-0.2, 0) is 19.4 Å². The number of methoxy groups -OCH3 is 4. The molecule has 0 saturated carbocycles. The number of hydrogen-bond acceptors (Lipinski definition) is 8. The summed E-state index contributed by atoms with van der Waals surface area (Å²) in [5.41, 5.74) is 3.26. The van der Waals surface area contributed by atoms with E-state index in [1.165, 1.54) is 0 Å². The summed E-state index contributed by atoms with van der Waals surface area (Å²) < 4.78 is 22.0. The van der Waals surface area contributed by atoms with Gasteiger partial charge in [-0.25, -0.2) is 0 Å². The Balaban J connectivity index is 1.97. The maximum absolute atomic E-state index is 11.6. The monoisotopic (exact) mass is 513 g/mol. The van der Waals surface area contributed by atoms with E-state index in [-0.39, 0.29) is 11.0 Å². The largest absolute Gasteiger partial charge is 0.493 e. The van der Waals surface area contributed by atoms with Gasteiger partial charge in [0.05, 0.1) is 33.4 Å². The number of nitrogens with zero attached hydrogens (tertiary/aromatic N) is 2. The minimum Gasteiger partial charge on any atom is -0.493 e. The van der Waals surface area contributed by atoms with Gasteiger partial charge in [0, 0.05) is 19.1 Å². The van der Waals surface area contributed by atoms with E-state index in [0.717, 1.165) is 48.6 Å². The fourth-order valence-electron chi connectivity index (χ4n) is 4.81. The first-order valence-corrected chi connectivity index (χ1v) is 12.7. The number of unbranched alkanes of at least 4 members (excludes halogenated alkanes) is 3. The van der Waals surface area contributed by atoms with E-state index >= 15 is 0 Å². The molecule has 202 valence electrons. The van der Waals surface area contributed by atoms with Crippen LogP contribution in [0.25, 0.3) is 0 Å². The first-order chi connectivity index (χ1) is 17.9. The first-order valence-electron chi connectivity index (χ1n) is 12.7. The Morgan fingerprint density at radius 1 is 0.973 bits per heavy atom. The van der Waals surface area contributed by atoms with Crippen LogP contribution in [0.5, 0.6) is 23.0 Å². The van der Waals surface area contributed by atoms with Gasteiger partial charge >= 0.3 is 0 Å². The number of fused-ring (bicyclic) bond motifs is 1. The van der Waals surface area contributed by atoms with Crippen molar-refractivity contribution in [2.75, 3.05) is 35.0 Å². The van der Waals surface area contributed by atoms with Crippen LogP contribution in [0.1, 0.15) is 49.3 Å². The van der Waals surface area contributed by atoms with E-state index in [0.29, 0.717) is 54.8 Å². The fraction of sp³-hybridized carbons (Fsp3) is 0.500. The molecule has 1 aliphatic heterocycles. The second-order valence-electron chi connectivity index (χ2n) is 9.14. The quantitative estimate of drug-likeness (QED) is 0.216. The molecule has 9 nitrogen and oxygen atoms in total. The van der Waals surface area contributed by atoms with Gasteiger partial charge in [-0.05, 0) is 60.2 Å². The Morgan fingerprint density at radius 2 is 1.62 bits per heavy atom. The predicted molar refractivity (Wildman–Crippen MR) is 143 cm³/mol. The molecule has 0 amide bonds. The predicted octanol–water partition coefficient (Wildman–Crippen LogP) is 4.94. The second kappa shape index (κ2) is 13.6. The Labute approximate surface area is 219 Å². The highest BCUT2D eigenvalue weighted by atomic mass is 16.6. The lowest BCUT2D eigenvalue weighted by molar-refractivity contribution is -0.405. The highest BCUT2D eigenvalue weighted by molar-refractivity contribution is 5.49. The highest BCUT2D eigenvalue weighted by Gasteiger charge is 2.31. The van der Waals surface area contributed by atoms with Crippen LogP contribution >= 0.6 is 0 Å². The van der Waals surface area contributed by atoms with Crippen LogP contribution in [0.3, 0.4) is 0 Å². The van der Waals surface area contributed by atoms with Gasteiger partial charge < -0.3 is 29.2 Å². The third-order valence-corrected chi connectivity index (χ3v) is 6.74. The van der Waals surface area contributed by atoms with Gasteiger partial charge in [-0.3, -0.25) is 10.1 Å². The zero-order valence-corrected chi connectivity index (χ0v) is 22.5. The van der Waals surface area contributed by atoms with Crippen LogP contribution in [0.2, 0.25) is 0 Å². The van der Waals surface area contributed by atoms with Crippen molar-refractivity contribution in [2.45, 2.75) is 58.0 Å². The first kappa shape index (κ1) is 28.0. The molecule has 0 radical (unpaired) electrons. The van der Waals surface area contributed by atoms with E-state index in [2.05, 4.69) is 17.1 Å². The minimum absolute atomic E-state index is 0.0296. The Kier molecular flexibility index (Phi) is 10.3. The van der Waals surface area contributed by atoms with Gasteiger partial charge in [-0.2, -0.15) is 0 Å². The van der Waals surface area contributed by atoms with E-state index in [4.69, 9.17) is 18.9 Å². The van der Waals surface area contributed by atoms with Crippen molar-refractivity contribution >= 4 is 0 Å². The summed E-state index contributed by atoms with van der Waals surface area (Å²) in [6.45, 7) is 3.35. The van der Waals surface area contributed by atoms with Crippen LogP contribution in [0.4, 0.5) is 0 Å². The maximum atomic E-state index is 11.6. The average Bonchev–Trinajstić information content (AvgIpc) is 2.90. The number of benzene rings is 2. The molecule has 1 atom stereocenters. The van der Waals surface area contributed by atoms with Crippen molar-refractivity contribution in [3.05, 3.63) is 69.2 Å². The molecule has 3 rings (SSSR count). The molecule has 0 aliphatic carbocycles. The van der Waals surface area contributed by atoms with E-state index < -0.39 is 0 Å². The van der Waals surface area contributed by atoms with Gasteiger partial charge in [-0.1, -0.05) is 32.3 Å². The summed E-state index contributed by atoms with van der Waals surface area (Å²) in [7, 11) is 6.46. The van der Waals surface area contributed by atoms with Crippen LogP contribution in [-0.4, -0.2) is 50.8 Å². The van der Waals surface area contributed by atoms with Gasteiger partial charge in [0.1, 0.15) is 0 Å². The number of hydrogen-bond donors (Lipinski definition) is 1. The van der Waals surface area contributed by atoms with Crippen molar-refractivity contribution in [2.24, 2.45) is 0 Å². The third kappa shape index (κ3) is 7.21. The van der Waals surface area contributed by atoms with Crippen molar-refractivity contribution in [1.82, 2.24) is 10.2 Å². The number of rotatable bonds is 14. The SMILES string of the molecule is CCCCCCN/C(=C/[N+](=O)[O-])N1Cc2cc(OC)c(OC)cc2CC1Cc1ccc(OC)c(OC)c1. The molecule has 37 heavy (non-hydrogen) atoms. The van der Waals surface area contributed by atoms with Crippen LogP contribution in [0, 0.1) is 10.1 Å². The molecule has 0 spiro atoms. The molecule has 2 aromatic carbocycles. The zero-order chi connectivity index (χ0) is 26.8. The van der Waals surface area contributed by atoms with Crippen LogP contribution in [0.15, 0.2) is 42.4 Å². The smallest absolute Gasteiger partial charge is 0.274 e. The van der Waals surface area contributed by atoms with Crippen molar-refractivity contribution in [3.8, 4) is 23.0 Å². The van der Waals surface area contributed by atoms with Gasteiger partial charge in [-0.15, -0.1) is 0 Å². The van der Waals surface area contributed by atoms with E-state index in [1.54, 1.807) is 28.4 Å². The van der Waals surface area contributed by atoms with Crippen molar-refractivity contribution < 1.29 is 23.9 Å². The standard InChI is InChI=1S/C28H39N3O6/c1-6-7-8-9-12-29-28(19-31(32)33)30-18-22-17-27(37-5)26(36-4)16-21(22)15-23(30)13-20-10-11-24(34-2)25(14-20)35-3/h10-11,14,16-17,19,23,29H,6-9,12-13,15,18H2,1-5H3/b28-19-. The molecule has 1 aliphatic rings. The summed E-state index contributed by atoms with van der Waals surface area (Å²) in [4.78, 5) is 13.4. The third-order valence-electron chi connectivity index (χ3n) is 6.74. The molecule has 0 bridgehead atoms. The molecule has 0 saturated heterocycles.